The van der Waals surface area contributed by atoms with E-state index in [2.05, 4.69) is 21.3 Å². The van der Waals surface area contributed by atoms with Crippen LogP contribution < -0.4 is 21.3 Å². The van der Waals surface area contributed by atoms with Crippen molar-refractivity contribution in [2.45, 2.75) is 18.9 Å². The lowest BCUT2D eigenvalue weighted by atomic mass is 10.2. The van der Waals surface area contributed by atoms with Gasteiger partial charge < -0.3 is 30.7 Å². The minimum Gasteiger partial charge on any atom is -0.383 e. The zero-order valence-electron chi connectivity index (χ0n) is 18.7. The fourth-order valence-corrected chi connectivity index (χ4v) is 3.31. The van der Waals surface area contributed by atoms with Crippen molar-refractivity contribution >= 4 is 29.1 Å². The number of benzene rings is 2. The third-order valence-electron chi connectivity index (χ3n) is 5.14. The summed E-state index contributed by atoms with van der Waals surface area (Å²) >= 11 is 0. The summed E-state index contributed by atoms with van der Waals surface area (Å²) in [7, 11) is 1.57. The first-order chi connectivity index (χ1) is 16.0. The Morgan fingerprint density at radius 2 is 1.58 bits per heavy atom. The Morgan fingerprint density at radius 3 is 2.18 bits per heavy atom. The summed E-state index contributed by atoms with van der Waals surface area (Å²) in [4.78, 5) is 36.4. The maximum atomic E-state index is 12.2. The quantitative estimate of drug-likeness (QED) is 0.386. The van der Waals surface area contributed by atoms with Gasteiger partial charge >= 0.3 is 0 Å². The maximum absolute atomic E-state index is 12.2. The first kappa shape index (κ1) is 24.2. The van der Waals surface area contributed by atoms with Gasteiger partial charge in [-0.1, -0.05) is 0 Å². The molecule has 9 heteroatoms. The molecule has 3 amide bonds. The predicted molar refractivity (Wildman–Crippen MR) is 126 cm³/mol. The van der Waals surface area contributed by atoms with Crippen molar-refractivity contribution in [3.63, 3.8) is 0 Å². The number of rotatable bonds is 11. The normalized spacial score (nSPS) is 15.0. The lowest BCUT2D eigenvalue weighted by Gasteiger charge is -2.11. The van der Waals surface area contributed by atoms with Crippen LogP contribution in [0.4, 0.5) is 11.4 Å². The van der Waals surface area contributed by atoms with Gasteiger partial charge in [-0.3, -0.25) is 14.4 Å². The Bertz CT molecular complexity index is 925. The van der Waals surface area contributed by atoms with Crippen LogP contribution in [0.3, 0.4) is 0 Å². The highest BCUT2D eigenvalue weighted by molar-refractivity contribution is 5.97. The minimum atomic E-state index is -0.231. The van der Waals surface area contributed by atoms with Gasteiger partial charge in [-0.2, -0.15) is 0 Å². The number of carbonyl (C=O) groups is 3. The zero-order valence-corrected chi connectivity index (χ0v) is 18.7. The fraction of sp³-hybridized carbons (Fsp3) is 0.375. The molecule has 0 aromatic heterocycles. The molecule has 0 aliphatic carbocycles. The molecular weight excluding hydrogens is 424 g/mol. The fourth-order valence-electron chi connectivity index (χ4n) is 3.31. The molecule has 3 rings (SSSR count). The van der Waals surface area contributed by atoms with Gasteiger partial charge in [0.1, 0.15) is 0 Å². The number of amides is 3. The number of nitrogens with one attached hydrogen (secondary N) is 4. The van der Waals surface area contributed by atoms with E-state index in [4.69, 9.17) is 9.47 Å². The monoisotopic (exact) mass is 454 g/mol. The molecule has 9 nitrogen and oxygen atoms in total. The second-order valence-electron chi connectivity index (χ2n) is 7.65. The Labute approximate surface area is 193 Å². The van der Waals surface area contributed by atoms with Crippen LogP contribution in [0, 0.1) is 0 Å². The molecule has 1 heterocycles. The summed E-state index contributed by atoms with van der Waals surface area (Å²) in [6.45, 7) is 2.20. The highest BCUT2D eigenvalue weighted by Crippen LogP contribution is 2.13. The van der Waals surface area contributed by atoms with E-state index in [0.717, 1.165) is 25.1 Å². The maximum Gasteiger partial charge on any atom is 0.251 e. The first-order valence-electron chi connectivity index (χ1n) is 11.0. The molecule has 1 saturated heterocycles. The third-order valence-corrected chi connectivity index (χ3v) is 5.14. The van der Waals surface area contributed by atoms with Gasteiger partial charge in [0.15, 0.2) is 0 Å². The second kappa shape index (κ2) is 12.6. The number of methoxy groups -OCH3 is 1. The van der Waals surface area contributed by atoms with E-state index in [0.29, 0.717) is 36.5 Å². The molecule has 1 unspecified atom stereocenters. The third kappa shape index (κ3) is 7.89. The standard InChI is InChI=1S/C24H30N4O5/c1-32-14-12-25-23(30)17-6-10-20(11-7-17)28-22(29)16-26-19-8-4-18(5-9-19)24(31)27-15-21-3-2-13-33-21/h4-11,21,26H,2-3,12-16H2,1H3,(H,25,30)(H,27,31)(H,28,29). The van der Waals surface area contributed by atoms with Crippen LogP contribution in [0.5, 0.6) is 0 Å². The van der Waals surface area contributed by atoms with Crippen molar-refractivity contribution in [3.8, 4) is 0 Å². The van der Waals surface area contributed by atoms with Crippen LogP contribution in [0.2, 0.25) is 0 Å². The molecule has 0 bridgehead atoms. The lowest BCUT2D eigenvalue weighted by Crippen LogP contribution is -2.31. The molecule has 0 saturated carbocycles. The van der Waals surface area contributed by atoms with Gasteiger partial charge in [0, 0.05) is 49.3 Å². The van der Waals surface area contributed by atoms with Crippen LogP contribution in [0.25, 0.3) is 0 Å². The van der Waals surface area contributed by atoms with E-state index in [1.54, 1.807) is 55.6 Å². The van der Waals surface area contributed by atoms with Crippen LogP contribution in [0.15, 0.2) is 48.5 Å². The van der Waals surface area contributed by atoms with Gasteiger partial charge in [-0.25, -0.2) is 0 Å². The van der Waals surface area contributed by atoms with Crippen LogP contribution in [-0.4, -0.2) is 63.8 Å². The number of hydrogen-bond acceptors (Lipinski definition) is 6. The molecule has 176 valence electrons. The highest BCUT2D eigenvalue weighted by Gasteiger charge is 2.16. The van der Waals surface area contributed by atoms with Crippen LogP contribution in [0.1, 0.15) is 33.6 Å². The van der Waals surface area contributed by atoms with E-state index in [9.17, 15) is 14.4 Å². The topological polar surface area (TPSA) is 118 Å². The molecule has 1 aliphatic heterocycles. The Hall–Kier alpha value is -3.43. The van der Waals surface area contributed by atoms with Gasteiger partial charge in [0.2, 0.25) is 5.91 Å². The SMILES string of the molecule is COCCNC(=O)c1ccc(NC(=O)CNc2ccc(C(=O)NCC3CCCO3)cc2)cc1. The number of ether oxygens (including phenoxy) is 2. The summed E-state index contributed by atoms with van der Waals surface area (Å²) in [5.74, 6) is -0.577. The van der Waals surface area contributed by atoms with Gasteiger partial charge in [-0.05, 0) is 61.4 Å². The molecule has 1 aliphatic rings. The first-order valence-corrected chi connectivity index (χ1v) is 11.0. The van der Waals surface area contributed by atoms with Crippen molar-refractivity contribution in [1.82, 2.24) is 10.6 Å². The van der Waals surface area contributed by atoms with E-state index in [1.807, 2.05) is 0 Å². The van der Waals surface area contributed by atoms with E-state index in [-0.39, 0.29) is 30.4 Å². The molecule has 2 aromatic rings. The summed E-state index contributed by atoms with van der Waals surface area (Å²) in [5, 5.41) is 11.4. The van der Waals surface area contributed by atoms with Crippen LogP contribution >= 0.6 is 0 Å². The van der Waals surface area contributed by atoms with Crippen molar-refractivity contribution in [3.05, 3.63) is 59.7 Å². The average molecular weight is 455 g/mol. The molecule has 1 fully saturated rings. The van der Waals surface area contributed by atoms with Crippen molar-refractivity contribution in [2.75, 3.05) is 50.6 Å². The Kier molecular flexibility index (Phi) is 9.22. The second-order valence-corrected chi connectivity index (χ2v) is 7.65. The molecule has 0 radical (unpaired) electrons. The molecule has 2 aromatic carbocycles. The van der Waals surface area contributed by atoms with Gasteiger partial charge in [0.05, 0.1) is 19.3 Å². The Balaban J connectivity index is 1.40. The summed E-state index contributed by atoms with van der Waals surface area (Å²) < 4.78 is 10.4. The Morgan fingerprint density at radius 1 is 0.939 bits per heavy atom. The minimum absolute atomic E-state index is 0.0593. The largest absolute Gasteiger partial charge is 0.383 e. The van der Waals surface area contributed by atoms with Crippen LogP contribution in [-0.2, 0) is 14.3 Å². The number of hydrogen-bond donors (Lipinski definition) is 4. The molecule has 4 N–H and O–H groups in total. The van der Waals surface area contributed by atoms with E-state index < -0.39 is 0 Å². The van der Waals surface area contributed by atoms with E-state index >= 15 is 0 Å². The highest BCUT2D eigenvalue weighted by atomic mass is 16.5. The van der Waals surface area contributed by atoms with Crippen molar-refractivity contribution < 1.29 is 23.9 Å². The smallest absolute Gasteiger partial charge is 0.251 e. The summed E-state index contributed by atoms with van der Waals surface area (Å²) in [6.07, 6.45) is 2.11. The molecule has 0 spiro atoms. The van der Waals surface area contributed by atoms with Gasteiger partial charge in [-0.15, -0.1) is 0 Å². The summed E-state index contributed by atoms with van der Waals surface area (Å²) in [6, 6.07) is 13.6. The molecule has 33 heavy (non-hydrogen) atoms. The van der Waals surface area contributed by atoms with Crippen molar-refractivity contribution in [1.29, 1.82) is 0 Å². The summed E-state index contributed by atoms with van der Waals surface area (Å²) in [5.41, 5.74) is 2.37. The average Bonchev–Trinajstić information content (AvgIpc) is 3.36. The number of anilines is 2. The molecular formula is C24H30N4O5. The number of carbonyl (C=O) groups excluding carboxylic acids is 3. The lowest BCUT2D eigenvalue weighted by molar-refractivity contribution is -0.114. The van der Waals surface area contributed by atoms with Crippen molar-refractivity contribution in [2.24, 2.45) is 0 Å². The molecule has 1 atom stereocenters. The van der Waals surface area contributed by atoms with Gasteiger partial charge in [0.25, 0.3) is 11.8 Å². The zero-order chi connectivity index (χ0) is 23.5. The predicted octanol–water partition coefficient (Wildman–Crippen LogP) is 2.02. The van der Waals surface area contributed by atoms with E-state index in [1.165, 1.54) is 0 Å².